The van der Waals surface area contributed by atoms with Crippen molar-refractivity contribution < 1.29 is 42.2 Å². The summed E-state index contributed by atoms with van der Waals surface area (Å²) in [4.78, 5) is 40.7. The first kappa shape index (κ1) is 24.5. The molecule has 3 N–H and O–H groups in total. The molecule has 0 saturated heterocycles. The lowest BCUT2D eigenvalue weighted by molar-refractivity contribution is -0.168. The highest BCUT2D eigenvalue weighted by molar-refractivity contribution is 5.85. The molecule has 2 atom stereocenters. The molecule has 2 aliphatic rings. The highest BCUT2D eigenvalue weighted by Gasteiger charge is 2.40. The Labute approximate surface area is 198 Å². The zero-order chi connectivity index (χ0) is 25.2. The predicted molar refractivity (Wildman–Crippen MR) is 116 cm³/mol. The third kappa shape index (κ3) is 5.91. The van der Waals surface area contributed by atoms with Gasteiger partial charge in [-0.1, -0.05) is 48.5 Å². The number of carboxylic acid groups (broad SMARTS) is 1. The summed E-state index contributed by atoms with van der Waals surface area (Å²) in [7, 11) is 0. The molecule has 0 radical (unpaired) electrons. The van der Waals surface area contributed by atoms with E-state index in [1.807, 2.05) is 53.8 Å². The molecule has 0 aliphatic heterocycles. The fraction of sp³-hybridized carbons (Fsp3) is 0.375. The number of carbonyl (C=O) groups is 3. The standard InChI is InChI=1S/C24H23F3N2O6/c25-24(26,27)11-19(21(30)29-35-20(22(31)32)13-9-10-13)28-23(33)34-12-18-16-7-3-1-5-14(16)15-6-2-4-8-17(15)18/h1-8,13,18-20H,9-12H2,(H,28,33)(H,29,30)(H,31,32). The van der Waals surface area contributed by atoms with E-state index in [0.717, 1.165) is 22.3 Å². The van der Waals surface area contributed by atoms with E-state index < -0.39 is 42.7 Å². The van der Waals surface area contributed by atoms with Crippen LogP contribution in [0.4, 0.5) is 18.0 Å². The number of alkyl halides is 3. The molecule has 8 nitrogen and oxygen atoms in total. The van der Waals surface area contributed by atoms with Crippen LogP contribution in [0.3, 0.4) is 0 Å². The molecule has 0 spiro atoms. The first-order valence-electron chi connectivity index (χ1n) is 11.0. The normalized spacial score (nSPS) is 16.5. The summed E-state index contributed by atoms with van der Waals surface area (Å²) in [6.07, 6.45) is -7.93. The molecule has 11 heteroatoms. The van der Waals surface area contributed by atoms with E-state index in [0.29, 0.717) is 12.8 Å². The van der Waals surface area contributed by atoms with Gasteiger partial charge in [-0.25, -0.2) is 15.1 Å². The first-order valence-corrected chi connectivity index (χ1v) is 11.0. The predicted octanol–water partition coefficient (Wildman–Crippen LogP) is 3.76. The third-order valence-electron chi connectivity index (χ3n) is 5.97. The van der Waals surface area contributed by atoms with E-state index in [1.165, 1.54) is 0 Å². The minimum Gasteiger partial charge on any atom is -0.479 e. The van der Waals surface area contributed by atoms with Gasteiger partial charge >= 0.3 is 18.2 Å². The number of alkyl carbamates (subject to hydrolysis) is 1. The Morgan fingerprint density at radius 1 is 1.00 bits per heavy atom. The zero-order valence-electron chi connectivity index (χ0n) is 18.4. The van der Waals surface area contributed by atoms with Gasteiger partial charge in [-0.2, -0.15) is 13.2 Å². The number of hydrogen-bond acceptors (Lipinski definition) is 5. The quantitative estimate of drug-likeness (QED) is 0.460. The van der Waals surface area contributed by atoms with Gasteiger partial charge in [-0.3, -0.25) is 9.63 Å². The third-order valence-corrected chi connectivity index (χ3v) is 5.97. The van der Waals surface area contributed by atoms with Gasteiger partial charge in [-0.15, -0.1) is 0 Å². The molecule has 35 heavy (non-hydrogen) atoms. The average molecular weight is 492 g/mol. The Bertz CT molecular complexity index is 1070. The van der Waals surface area contributed by atoms with Crippen LogP contribution in [0.5, 0.6) is 0 Å². The Morgan fingerprint density at radius 3 is 2.09 bits per heavy atom. The summed E-state index contributed by atoms with van der Waals surface area (Å²) < 4.78 is 44.3. The Kier molecular flexibility index (Phi) is 6.97. The number of rotatable bonds is 9. The fourth-order valence-electron chi connectivity index (χ4n) is 4.16. The number of hydroxylamine groups is 1. The van der Waals surface area contributed by atoms with Gasteiger partial charge in [0.2, 0.25) is 0 Å². The number of carbonyl (C=O) groups excluding carboxylic acids is 2. The van der Waals surface area contributed by atoms with Gasteiger partial charge in [0.05, 0.1) is 6.42 Å². The summed E-state index contributed by atoms with van der Waals surface area (Å²) in [5, 5.41) is 11.1. The molecule has 2 aliphatic carbocycles. The molecule has 4 rings (SSSR count). The summed E-state index contributed by atoms with van der Waals surface area (Å²) in [5.41, 5.74) is 5.54. The second-order valence-corrected chi connectivity index (χ2v) is 8.52. The Morgan fingerprint density at radius 2 is 1.57 bits per heavy atom. The molecular weight excluding hydrogens is 469 g/mol. The average Bonchev–Trinajstić information content (AvgIpc) is 3.58. The number of aliphatic carboxylic acids is 1. The molecular formula is C24H23F3N2O6. The van der Waals surface area contributed by atoms with Crippen molar-refractivity contribution in [2.75, 3.05) is 6.61 Å². The summed E-state index contributed by atoms with van der Waals surface area (Å²) in [5.74, 6) is -3.32. The van der Waals surface area contributed by atoms with Crippen molar-refractivity contribution in [3.8, 4) is 11.1 Å². The number of benzene rings is 2. The van der Waals surface area contributed by atoms with Crippen LogP contribution in [-0.4, -0.2) is 48.0 Å². The van der Waals surface area contributed by atoms with E-state index in [2.05, 4.69) is 0 Å². The van der Waals surface area contributed by atoms with Crippen LogP contribution in [0.2, 0.25) is 0 Å². The van der Waals surface area contributed by atoms with Gasteiger partial charge in [0.15, 0.2) is 6.10 Å². The molecule has 186 valence electrons. The smallest absolute Gasteiger partial charge is 0.407 e. The summed E-state index contributed by atoms with van der Waals surface area (Å²) >= 11 is 0. The van der Waals surface area contributed by atoms with Crippen molar-refractivity contribution in [3.05, 3.63) is 59.7 Å². The largest absolute Gasteiger partial charge is 0.479 e. The van der Waals surface area contributed by atoms with E-state index in [1.54, 1.807) is 5.48 Å². The van der Waals surface area contributed by atoms with Crippen molar-refractivity contribution in [2.45, 2.75) is 43.5 Å². The first-order chi connectivity index (χ1) is 16.6. The lowest BCUT2D eigenvalue weighted by Crippen LogP contribution is -2.50. The Hall–Kier alpha value is -3.60. The number of carboxylic acids is 1. The second-order valence-electron chi connectivity index (χ2n) is 8.52. The van der Waals surface area contributed by atoms with Crippen molar-refractivity contribution in [3.63, 3.8) is 0 Å². The Balaban J connectivity index is 1.39. The van der Waals surface area contributed by atoms with Crippen LogP contribution >= 0.6 is 0 Å². The molecule has 2 aromatic rings. The second kappa shape index (κ2) is 9.95. The van der Waals surface area contributed by atoms with Crippen LogP contribution in [0.15, 0.2) is 48.5 Å². The maximum absolute atomic E-state index is 13.0. The number of fused-ring (bicyclic) bond motifs is 3. The van der Waals surface area contributed by atoms with E-state index >= 15 is 0 Å². The lowest BCUT2D eigenvalue weighted by atomic mass is 9.98. The molecule has 1 saturated carbocycles. The molecule has 2 unspecified atom stereocenters. The number of halogens is 3. The molecule has 2 amide bonds. The van der Waals surface area contributed by atoms with Crippen LogP contribution in [0.1, 0.15) is 36.3 Å². The highest BCUT2D eigenvalue weighted by atomic mass is 19.4. The fourth-order valence-corrected chi connectivity index (χ4v) is 4.16. The van der Waals surface area contributed by atoms with Gasteiger partial charge in [0.25, 0.3) is 5.91 Å². The maximum atomic E-state index is 13.0. The monoisotopic (exact) mass is 492 g/mol. The van der Waals surface area contributed by atoms with Crippen molar-refractivity contribution in [2.24, 2.45) is 5.92 Å². The summed E-state index contributed by atoms with van der Waals surface area (Å²) in [6.45, 7) is -0.153. The van der Waals surface area contributed by atoms with Gasteiger partial charge in [0.1, 0.15) is 12.6 Å². The summed E-state index contributed by atoms with van der Waals surface area (Å²) in [6, 6.07) is 13.0. The molecule has 2 aromatic carbocycles. The topological polar surface area (TPSA) is 114 Å². The minimum atomic E-state index is -4.79. The molecule has 0 heterocycles. The van der Waals surface area contributed by atoms with Crippen LogP contribution in [0, 0.1) is 5.92 Å². The van der Waals surface area contributed by atoms with Crippen molar-refractivity contribution >= 4 is 18.0 Å². The maximum Gasteiger partial charge on any atom is 0.407 e. The van der Waals surface area contributed by atoms with E-state index in [9.17, 15) is 27.6 Å². The number of hydrogen-bond donors (Lipinski definition) is 3. The van der Waals surface area contributed by atoms with E-state index in [4.69, 9.17) is 14.7 Å². The van der Waals surface area contributed by atoms with Crippen LogP contribution in [0.25, 0.3) is 11.1 Å². The van der Waals surface area contributed by atoms with Gasteiger partial charge < -0.3 is 15.2 Å². The SMILES string of the molecule is O=C(NC(CC(F)(F)F)C(=O)NOC(C(=O)O)C1CC1)OCC1c2ccccc2-c2ccccc21. The van der Waals surface area contributed by atoms with E-state index in [-0.39, 0.29) is 18.4 Å². The van der Waals surface area contributed by atoms with Crippen molar-refractivity contribution in [1.82, 2.24) is 10.8 Å². The number of ether oxygens (including phenoxy) is 1. The van der Waals surface area contributed by atoms with Gasteiger partial charge in [-0.05, 0) is 41.0 Å². The number of nitrogens with one attached hydrogen (secondary N) is 2. The van der Waals surface area contributed by atoms with Crippen molar-refractivity contribution in [1.29, 1.82) is 0 Å². The minimum absolute atomic E-state index is 0.153. The highest BCUT2D eigenvalue weighted by Crippen LogP contribution is 2.44. The molecule has 1 fully saturated rings. The zero-order valence-corrected chi connectivity index (χ0v) is 18.4. The molecule has 0 aromatic heterocycles. The number of amides is 2. The molecule has 0 bridgehead atoms. The van der Waals surface area contributed by atoms with Crippen LogP contribution < -0.4 is 10.8 Å². The lowest BCUT2D eigenvalue weighted by Gasteiger charge is -2.21. The van der Waals surface area contributed by atoms with Gasteiger partial charge in [0, 0.05) is 5.92 Å². The van der Waals surface area contributed by atoms with Crippen LogP contribution in [-0.2, 0) is 19.2 Å².